The predicted molar refractivity (Wildman–Crippen MR) is 93.4 cm³/mol. The van der Waals surface area contributed by atoms with Crippen LogP contribution in [0.15, 0.2) is 55.0 Å². The highest BCUT2D eigenvalue weighted by molar-refractivity contribution is 6.01. The average Bonchev–Trinajstić information content (AvgIpc) is 3.17. The van der Waals surface area contributed by atoms with Crippen molar-refractivity contribution < 1.29 is 4.79 Å². The van der Waals surface area contributed by atoms with Gasteiger partial charge in [-0.1, -0.05) is 24.3 Å². The molecule has 6 nitrogen and oxygen atoms in total. The molecule has 1 N–H and O–H groups in total. The Labute approximate surface area is 140 Å². The topological polar surface area (TPSA) is 64.7 Å². The lowest BCUT2D eigenvalue weighted by molar-refractivity contribution is -0.111. The minimum absolute atomic E-state index is 0.222. The van der Waals surface area contributed by atoms with E-state index >= 15 is 0 Å². The zero-order valence-corrected chi connectivity index (χ0v) is 13.7. The van der Waals surface area contributed by atoms with Gasteiger partial charge in [0.05, 0.1) is 12.7 Å². The van der Waals surface area contributed by atoms with E-state index in [0.717, 1.165) is 5.56 Å². The molecule has 122 valence electrons. The Morgan fingerprint density at radius 1 is 1.29 bits per heavy atom. The predicted octanol–water partition coefficient (Wildman–Crippen LogP) is 2.63. The molecule has 1 aromatic carbocycles. The Morgan fingerprint density at radius 2 is 2.12 bits per heavy atom. The Bertz CT molecular complexity index is 875. The largest absolute Gasteiger partial charge is 0.306 e. The monoisotopic (exact) mass is 321 g/mol. The molecule has 0 atom stereocenters. The summed E-state index contributed by atoms with van der Waals surface area (Å²) in [5, 5.41) is 11.2. The lowest BCUT2D eigenvalue weighted by atomic mass is 10.1. The van der Waals surface area contributed by atoms with Crippen LogP contribution in [-0.2, 0) is 18.4 Å². The molecule has 3 rings (SSSR count). The molecule has 0 spiro atoms. The summed E-state index contributed by atoms with van der Waals surface area (Å²) >= 11 is 0. The van der Waals surface area contributed by atoms with Crippen molar-refractivity contribution in [1.29, 1.82) is 0 Å². The second kappa shape index (κ2) is 6.95. The van der Waals surface area contributed by atoms with E-state index < -0.39 is 0 Å². The van der Waals surface area contributed by atoms with E-state index in [9.17, 15) is 4.79 Å². The number of aryl methyl sites for hydroxylation is 2. The molecule has 0 unspecified atom stereocenters. The van der Waals surface area contributed by atoms with E-state index in [-0.39, 0.29) is 5.91 Å². The van der Waals surface area contributed by atoms with Crippen LogP contribution in [0.5, 0.6) is 0 Å². The van der Waals surface area contributed by atoms with Crippen molar-refractivity contribution in [3.63, 3.8) is 0 Å². The second-order valence-corrected chi connectivity index (χ2v) is 5.59. The minimum atomic E-state index is -0.222. The van der Waals surface area contributed by atoms with Crippen LogP contribution in [0, 0.1) is 6.92 Å². The summed E-state index contributed by atoms with van der Waals surface area (Å²) in [6.45, 7) is 2.75. The van der Waals surface area contributed by atoms with Crippen molar-refractivity contribution in [3.05, 3.63) is 71.7 Å². The van der Waals surface area contributed by atoms with Crippen LogP contribution < -0.4 is 5.32 Å². The highest BCUT2D eigenvalue weighted by atomic mass is 16.1. The molecule has 6 heteroatoms. The summed E-state index contributed by atoms with van der Waals surface area (Å²) in [7, 11) is 1.83. The molecule has 1 amide bonds. The molecule has 0 aliphatic rings. The van der Waals surface area contributed by atoms with Crippen molar-refractivity contribution in [2.75, 3.05) is 5.32 Å². The highest BCUT2D eigenvalue weighted by Gasteiger charge is 2.04. The van der Waals surface area contributed by atoms with E-state index in [1.807, 2.05) is 36.3 Å². The second-order valence-electron chi connectivity index (χ2n) is 5.59. The number of nitrogens with one attached hydrogen (secondary N) is 1. The van der Waals surface area contributed by atoms with Crippen LogP contribution in [-0.4, -0.2) is 25.5 Å². The van der Waals surface area contributed by atoms with Crippen molar-refractivity contribution in [1.82, 2.24) is 19.6 Å². The number of rotatable bonds is 5. The molecule has 0 aliphatic heterocycles. The summed E-state index contributed by atoms with van der Waals surface area (Å²) in [6, 6.07) is 9.96. The van der Waals surface area contributed by atoms with E-state index in [2.05, 4.69) is 34.6 Å². The van der Waals surface area contributed by atoms with Gasteiger partial charge in [0, 0.05) is 37.1 Å². The number of hydrogen-bond acceptors (Lipinski definition) is 3. The first-order valence-electron chi connectivity index (χ1n) is 7.66. The van der Waals surface area contributed by atoms with Gasteiger partial charge in [0.1, 0.15) is 0 Å². The van der Waals surface area contributed by atoms with Gasteiger partial charge < -0.3 is 5.32 Å². The van der Waals surface area contributed by atoms with Crippen LogP contribution in [0.25, 0.3) is 6.08 Å². The number of anilines is 1. The fourth-order valence-electron chi connectivity index (χ4n) is 2.34. The lowest BCUT2D eigenvalue weighted by Gasteiger charge is -2.05. The smallest absolute Gasteiger partial charge is 0.249 e. The van der Waals surface area contributed by atoms with Crippen LogP contribution in [0.2, 0.25) is 0 Å². The Balaban J connectivity index is 1.60. The van der Waals surface area contributed by atoms with Gasteiger partial charge in [-0.05, 0) is 24.1 Å². The highest BCUT2D eigenvalue weighted by Crippen LogP contribution is 2.10. The van der Waals surface area contributed by atoms with Gasteiger partial charge in [0.15, 0.2) is 5.82 Å². The normalized spacial score (nSPS) is 11.1. The number of amides is 1. The molecule has 0 radical (unpaired) electrons. The summed E-state index contributed by atoms with van der Waals surface area (Å²) in [5.41, 5.74) is 3.30. The van der Waals surface area contributed by atoms with Gasteiger partial charge in [0.2, 0.25) is 5.91 Å². The third-order valence-electron chi connectivity index (χ3n) is 3.64. The quantitative estimate of drug-likeness (QED) is 0.735. The van der Waals surface area contributed by atoms with E-state index in [4.69, 9.17) is 0 Å². The molecular weight excluding hydrogens is 302 g/mol. The zero-order chi connectivity index (χ0) is 16.9. The number of benzene rings is 1. The fourth-order valence-corrected chi connectivity index (χ4v) is 2.34. The first kappa shape index (κ1) is 15.7. The maximum absolute atomic E-state index is 11.9. The number of nitrogens with zero attached hydrogens (tertiary/aromatic N) is 4. The maximum atomic E-state index is 11.9. The Morgan fingerprint density at radius 3 is 2.88 bits per heavy atom. The van der Waals surface area contributed by atoms with Gasteiger partial charge in [-0.2, -0.15) is 10.2 Å². The first-order chi connectivity index (χ1) is 11.6. The van der Waals surface area contributed by atoms with Crippen LogP contribution in [0.1, 0.15) is 16.7 Å². The van der Waals surface area contributed by atoms with Crippen LogP contribution >= 0.6 is 0 Å². The summed E-state index contributed by atoms with van der Waals surface area (Å²) in [5.74, 6) is 0.310. The first-order valence-corrected chi connectivity index (χ1v) is 7.66. The van der Waals surface area contributed by atoms with Gasteiger partial charge >= 0.3 is 0 Å². The fraction of sp³-hybridized carbons (Fsp3) is 0.167. The van der Waals surface area contributed by atoms with Crippen molar-refractivity contribution in [2.45, 2.75) is 13.5 Å². The van der Waals surface area contributed by atoms with E-state index in [0.29, 0.717) is 12.4 Å². The van der Waals surface area contributed by atoms with Gasteiger partial charge in [0.25, 0.3) is 0 Å². The van der Waals surface area contributed by atoms with Crippen molar-refractivity contribution >= 4 is 17.8 Å². The number of aromatic nitrogens is 4. The van der Waals surface area contributed by atoms with Crippen molar-refractivity contribution in [2.24, 2.45) is 7.05 Å². The van der Waals surface area contributed by atoms with Gasteiger partial charge in [-0.15, -0.1) is 0 Å². The molecular formula is C18H19N5O. The van der Waals surface area contributed by atoms with Crippen molar-refractivity contribution in [3.8, 4) is 0 Å². The molecule has 2 aromatic heterocycles. The lowest BCUT2D eigenvalue weighted by Crippen LogP contribution is -2.09. The minimum Gasteiger partial charge on any atom is -0.306 e. The number of carbonyl (C=O) groups is 1. The average molecular weight is 321 g/mol. The molecule has 0 saturated heterocycles. The zero-order valence-electron chi connectivity index (χ0n) is 13.7. The molecule has 2 heterocycles. The third kappa shape index (κ3) is 3.98. The standard InChI is InChI=1S/C18H19N5O/c1-14-5-3-4-6-16(14)13-23-10-9-17(21-23)20-18(24)8-7-15-11-19-22(2)12-15/h3-12H,13H2,1-2H3,(H,20,21,24)/b8-7+. The SMILES string of the molecule is Cc1ccccc1Cn1ccc(NC(=O)/C=C/c2cnn(C)c2)n1. The molecule has 0 aliphatic carbocycles. The van der Waals surface area contributed by atoms with Crippen LogP contribution in [0.3, 0.4) is 0 Å². The van der Waals surface area contributed by atoms with E-state index in [1.165, 1.54) is 17.2 Å². The molecule has 0 fully saturated rings. The van der Waals surface area contributed by atoms with E-state index in [1.54, 1.807) is 23.0 Å². The summed E-state index contributed by atoms with van der Waals surface area (Å²) in [6.07, 6.45) is 8.57. The van der Waals surface area contributed by atoms with Gasteiger partial charge in [-0.3, -0.25) is 14.2 Å². The molecule has 24 heavy (non-hydrogen) atoms. The maximum Gasteiger partial charge on any atom is 0.249 e. The third-order valence-corrected chi connectivity index (χ3v) is 3.64. The Hall–Kier alpha value is -3.15. The molecule has 0 bridgehead atoms. The summed E-state index contributed by atoms with van der Waals surface area (Å²) < 4.78 is 3.49. The summed E-state index contributed by atoms with van der Waals surface area (Å²) in [4.78, 5) is 11.9. The van der Waals surface area contributed by atoms with Gasteiger partial charge in [-0.25, -0.2) is 0 Å². The van der Waals surface area contributed by atoms with Crippen LogP contribution in [0.4, 0.5) is 5.82 Å². The number of hydrogen-bond donors (Lipinski definition) is 1. The molecule has 0 saturated carbocycles. The number of carbonyl (C=O) groups excluding carboxylic acids is 1. The Kier molecular flexibility index (Phi) is 4.56. The molecule has 3 aromatic rings.